The van der Waals surface area contributed by atoms with E-state index in [1.54, 1.807) is 25.2 Å². The third-order valence-electron chi connectivity index (χ3n) is 1.53. The molecule has 1 aromatic rings. The summed E-state index contributed by atoms with van der Waals surface area (Å²) in [6, 6.07) is 5.11. The standard InChI is InChI=1S/C8H9IN2O/c1-11-7-5(8(9)10)3-2-4-6(7)12/h2-4,10-12H,1H3. The maximum absolute atomic E-state index is 9.38. The Kier molecular flexibility index (Phi) is 2.91. The molecule has 0 unspecified atom stereocenters. The van der Waals surface area contributed by atoms with Crippen LogP contribution < -0.4 is 5.32 Å². The third kappa shape index (κ3) is 1.69. The normalized spacial score (nSPS) is 9.50. The minimum Gasteiger partial charge on any atom is -0.506 e. The van der Waals surface area contributed by atoms with Gasteiger partial charge in [0.15, 0.2) is 0 Å². The summed E-state index contributed by atoms with van der Waals surface area (Å²) in [4.78, 5) is 0. The summed E-state index contributed by atoms with van der Waals surface area (Å²) in [5.41, 5.74) is 1.33. The van der Waals surface area contributed by atoms with Crippen LogP contribution in [0.25, 0.3) is 0 Å². The molecule has 0 spiro atoms. The lowest BCUT2D eigenvalue weighted by molar-refractivity contribution is 0.477. The van der Waals surface area contributed by atoms with E-state index in [2.05, 4.69) is 5.32 Å². The monoisotopic (exact) mass is 276 g/mol. The van der Waals surface area contributed by atoms with Gasteiger partial charge in [-0.2, -0.15) is 0 Å². The van der Waals surface area contributed by atoms with E-state index < -0.39 is 0 Å². The molecule has 64 valence electrons. The molecule has 0 saturated heterocycles. The molecule has 3 nitrogen and oxygen atoms in total. The van der Waals surface area contributed by atoms with E-state index in [0.29, 0.717) is 9.41 Å². The molecule has 4 heteroatoms. The Morgan fingerprint density at radius 2 is 2.25 bits per heavy atom. The van der Waals surface area contributed by atoms with Crippen molar-refractivity contribution in [3.63, 3.8) is 0 Å². The van der Waals surface area contributed by atoms with Crippen molar-refractivity contribution >= 4 is 32.0 Å². The van der Waals surface area contributed by atoms with Crippen LogP contribution in [0, 0.1) is 5.41 Å². The van der Waals surface area contributed by atoms with Gasteiger partial charge in [-0.3, -0.25) is 5.41 Å². The van der Waals surface area contributed by atoms with Gasteiger partial charge in [-0.15, -0.1) is 0 Å². The summed E-state index contributed by atoms with van der Waals surface area (Å²) in [5.74, 6) is 0.177. The number of hydrogen-bond donors (Lipinski definition) is 3. The zero-order chi connectivity index (χ0) is 9.14. The molecule has 0 heterocycles. The van der Waals surface area contributed by atoms with Gasteiger partial charge < -0.3 is 10.4 Å². The fraction of sp³-hybridized carbons (Fsp3) is 0.125. The first kappa shape index (κ1) is 9.31. The molecule has 0 aliphatic heterocycles. The van der Waals surface area contributed by atoms with E-state index in [0.717, 1.165) is 5.56 Å². The Hall–Kier alpha value is -0.780. The van der Waals surface area contributed by atoms with Gasteiger partial charge in [-0.1, -0.05) is 6.07 Å². The number of halogens is 1. The number of para-hydroxylation sites is 1. The van der Waals surface area contributed by atoms with Crippen molar-refractivity contribution in [1.82, 2.24) is 0 Å². The molecule has 0 aliphatic carbocycles. The van der Waals surface area contributed by atoms with Crippen LogP contribution in [0.3, 0.4) is 0 Å². The average molecular weight is 276 g/mol. The smallest absolute Gasteiger partial charge is 0.139 e. The Labute approximate surface area is 84.5 Å². The Morgan fingerprint density at radius 1 is 1.58 bits per heavy atom. The molecule has 3 N–H and O–H groups in total. The van der Waals surface area contributed by atoms with Crippen LogP contribution in [0.2, 0.25) is 0 Å². The van der Waals surface area contributed by atoms with Gasteiger partial charge in [-0.25, -0.2) is 0 Å². The summed E-state index contributed by atoms with van der Waals surface area (Å²) in [7, 11) is 1.72. The predicted octanol–water partition coefficient (Wildman–Crippen LogP) is 2.19. The van der Waals surface area contributed by atoms with Crippen LogP contribution in [-0.4, -0.2) is 15.9 Å². The van der Waals surface area contributed by atoms with Gasteiger partial charge in [0.1, 0.15) is 9.47 Å². The Bertz CT molecular complexity index is 312. The highest BCUT2D eigenvalue weighted by molar-refractivity contribution is 14.1. The van der Waals surface area contributed by atoms with Crippen molar-refractivity contribution < 1.29 is 5.11 Å². The molecular formula is C8H9IN2O. The van der Waals surface area contributed by atoms with Crippen molar-refractivity contribution in [2.45, 2.75) is 0 Å². The van der Waals surface area contributed by atoms with Gasteiger partial charge in [0.25, 0.3) is 0 Å². The van der Waals surface area contributed by atoms with E-state index in [1.165, 1.54) is 0 Å². The number of aromatic hydroxyl groups is 1. The molecule has 1 rings (SSSR count). The molecule has 0 aliphatic rings. The number of anilines is 1. The van der Waals surface area contributed by atoms with E-state index in [-0.39, 0.29) is 5.75 Å². The Morgan fingerprint density at radius 3 is 2.67 bits per heavy atom. The second-order valence-electron chi connectivity index (χ2n) is 2.26. The molecule has 0 radical (unpaired) electrons. The quantitative estimate of drug-likeness (QED) is 0.440. The minimum atomic E-state index is 0.177. The summed E-state index contributed by atoms with van der Waals surface area (Å²) in [6.07, 6.45) is 0. The Balaban J connectivity index is 3.27. The van der Waals surface area contributed by atoms with Gasteiger partial charge in [0, 0.05) is 12.6 Å². The topological polar surface area (TPSA) is 56.1 Å². The van der Waals surface area contributed by atoms with E-state index in [4.69, 9.17) is 5.41 Å². The lowest BCUT2D eigenvalue weighted by Crippen LogP contribution is -1.97. The molecule has 0 saturated carbocycles. The molecule has 0 bridgehead atoms. The molecule has 0 atom stereocenters. The molecular weight excluding hydrogens is 267 g/mol. The first-order valence-electron chi connectivity index (χ1n) is 3.41. The number of benzene rings is 1. The van der Waals surface area contributed by atoms with Crippen LogP contribution >= 0.6 is 22.6 Å². The number of rotatable bonds is 2. The summed E-state index contributed by atoms with van der Waals surface area (Å²) in [6.45, 7) is 0. The van der Waals surface area contributed by atoms with Crippen LogP contribution in [0.15, 0.2) is 18.2 Å². The number of hydrogen-bond acceptors (Lipinski definition) is 3. The van der Waals surface area contributed by atoms with Gasteiger partial charge in [-0.05, 0) is 34.7 Å². The number of phenols is 1. The molecule has 0 amide bonds. The lowest BCUT2D eigenvalue weighted by atomic mass is 10.2. The van der Waals surface area contributed by atoms with Gasteiger partial charge in [0.05, 0.1) is 5.69 Å². The van der Waals surface area contributed by atoms with Crippen LogP contribution in [-0.2, 0) is 0 Å². The third-order valence-corrected chi connectivity index (χ3v) is 2.11. The fourth-order valence-corrected chi connectivity index (χ4v) is 1.44. The molecule has 0 aromatic heterocycles. The summed E-state index contributed by atoms with van der Waals surface area (Å²) < 4.78 is 0.410. The first-order chi connectivity index (χ1) is 5.66. The molecule has 1 aromatic carbocycles. The summed E-state index contributed by atoms with van der Waals surface area (Å²) in [5, 5.41) is 19.6. The van der Waals surface area contributed by atoms with Crippen LogP contribution in [0.4, 0.5) is 5.69 Å². The average Bonchev–Trinajstić information content (AvgIpc) is 2.03. The zero-order valence-electron chi connectivity index (χ0n) is 6.56. The first-order valence-corrected chi connectivity index (χ1v) is 4.49. The van der Waals surface area contributed by atoms with Crippen molar-refractivity contribution in [2.24, 2.45) is 0 Å². The largest absolute Gasteiger partial charge is 0.506 e. The number of nitrogens with one attached hydrogen (secondary N) is 2. The second kappa shape index (κ2) is 3.75. The van der Waals surface area contributed by atoms with Crippen LogP contribution in [0.5, 0.6) is 5.75 Å². The fourth-order valence-electron chi connectivity index (χ4n) is 0.986. The van der Waals surface area contributed by atoms with Crippen molar-refractivity contribution in [3.8, 4) is 5.75 Å². The number of phenolic OH excluding ortho intramolecular Hbond substituents is 1. The van der Waals surface area contributed by atoms with E-state index in [9.17, 15) is 5.11 Å². The van der Waals surface area contributed by atoms with E-state index >= 15 is 0 Å². The van der Waals surface area contributed by atoms with Crippen molar-refractivity contribution in [1.29, 1.82) is 5.41 Å². The highest BCUT2D eigenvalue weighted by Crippen LogP contribution is 2.27. The minimum absolute atomic E-state index is 0.177. The van der Waals surface area contributed by atoms with Crippen molar-refractivity contribution in [3.05, 3.63) is 23.8 Å². The van der Waals surface area contributed by atoms with Gasteiger partial charge in [0.2, 0.25) is 0 Å². The van der Waals surface area contributed by atoms with Gasteiger partial charge >= 0.3 is 0 Å². The second-order valence-corrected chi connectivity index (χ2v) is 3.34. The summed E-state index contributed by atoms with van der Waals surface area (Å²) >= 11 is 1.91. The highest BCUT2D eigenvalue weighted by Gasteiger charge is 2.07. The maximum atomic E-state index is 9.38. The lowest BCUT2D eigenvalue weighted by Gasteiger charge is -2.07. The highest BCUT2D eigenvalue weighted by atomic mass is 127. The molecule has 0 fully saturated rings. The zero-order valence-corrected chi connectivity index (χ0v) is 8.71. The SMILES string of the molecule is CNc1c(O)cccc1C(=N)I. The molecule has 12 heavy (non-hydrogen) atoms. The van der Waals surface area contributed by atoms with E-state index in [1.807, 2.05) is 22.6 Å². The van der Waals surface area contributed by atoms with Crippen LogP contribution in [0.1, 0.15) is 5.56 Å². The van der Waals surface area contributed by atoms with Crippen molar-refractivity contribution in [2.75, 3.05) is 12.4 Å². The predicted molar refractivity (Wildman–Crippen MR) is 58.5 cm³/mol. The maximum Gasteiger partial charge on any atom is 0.139 e.